The second kappa shape index (κ2) is 3.73. The van der Waals surface area contributed by atoms with Crippen LogP contribution < -0.4 is 0 Å². The maximum Gasteiger partial charge on any atom is 0.101 e. The number of pyridine rings is 1. The molecule has 0 fully saturated rings. The number of nitrogens with zero attached hydrogens (tertiary/aromatic N) is 1. The molecule has 1 heterocycles. The molecule has 0 aliphatic heterocycles. The molecule has 1 nitrogen and oxygen atoms in total. The Morgan fingerprint density at radius 2 is 2.08 bits per heavy atom. The van der Waals surface area contributed by atoms with Crippen LogP contribution in [0.25, 0.3) is 0 Å². The minimum Gasteiger partial charge on any atom is -0.250 e. The molecule has 0 unspecified atom stereocenters. The van der Waals surface area contributed by atoms with Gasteiger partial charge < -0.3 is 0 Å². The molecule has 12 heavy (non-hydrogen) atoms. The molecule has 1 rings (SSSR count). The lowest BCUT2D eigenvalue weighted by Crippen LogP contribution is -2.09. The molecule has 0 aliphatic carbocycles. The van der Waals surface area contributed by atoms with Gasteiger partial charge in [0.05, 0.1) is 0 Å². The molecule has 0 saturated carbocycles. The van der Waals surface area contributed by atoms with Gasteiger partial charge in [0, 0.05) is 6.20 Å². The first-order valence-electron chi connectivity index (χ1n) is 4.08. The summed E-state index contributed by atoms with van der Waals surface area (Å²) in [6.07, 6.45) is 2.99. The highest BCUT2D eigenvalue weighted by atomic mass is 127. The molecular formula is C10H14IN. The molecule has 0 spiro atoms. The third-order valence-corrected chi connectivity index (χ3v) is 2.12. The Balaban J connectivity index is 2.77. The lowest BCUT2D eigenvalue weighted by atomic mass is 9.89. The molecule has 0 atom stereocenters. The highest BCUT2D eigenvalue weighted by Gasteiger charge is 2.10. The zero-order chi connectivity index (χ0) is 9.19. The number of rotatable bonds is 1. The monoisotopic (exact) mass is 275 g/mol. The second-order valence-electron chi connectivity index (χ2n) is 4.22. The fourth-order valence-electron chi connectivity index (χ4n) is 1.16. The number of halogens is 1. The quantitative estimate of drug-likeness (QED) is 0.566. The van der Waals surface area contributed by atoms with Crippen LogP contribution in [-0.2, 0) is 6.42 Å². The molecule has 0 bridgehead atoms. The van der Waals surface area contributed by atoms with Crippen molar-refractivity contribution in [3.63, 3.8) is 0 Å². The maximum absolute atomic E-state index is 4.16. The fourth-order valence-corrected chi connectivity index (χ4v) is 1.73. The topological polar surface area (TPSA) is 12.9 Å². The molecule has 1 aromatic heterocycles. The van der Waals surface area contributed by atoms with Crippen molar-refractivity contribution in [2.75, 3.05) is 0 Å². The van der Waals surface area contributed by atoms with Gasteiger partial charge in [0.25, 0.3) is 0 Å². The zero-order valence-corrected chi connectivity index (χ0v) is 9.92. The van der Waals surface area contributed by atoms with Crippen molar-refractivity contribution in [1.29, 1.82) is 0 Å². The van der Waals surface area contributed by atoms with Gasteiger partial charge in [-0.25, -0.2) is 0 Å². The number of aromatic nitrogens is 1. The van der Waals surface area contributed by atoms with Crippen molar-refractivity contribution >= 4 is 22.6 Å². The normalized spacial score (nSPS) is 11.7. The molecule has 0 radical (unpaired) electrons. The van der Waals surface area contributed by atoms with E-state index in [4.69, 9.17) is 0 Å². The van der Waals surface area contributed by atoms with E-state index in [1.165, 1.54) is 5.56 Å². The highest BCUT2D eigenvalue weighted by molar-refractivity contribution is 14.1. The summed E-state index contributed by atoms with van der Waals surface area (Å²) in [6, 6.07) is 4.24. The van der Waals surface area contributed by atoms with Gasteiger partial charge in [-0.3, -0.25) is 4.98 Å². The summed E-state index contributed by atoms with van der Waals surface area (Å²) in [7, 11) is 0. The Kier molecular flexibility index (Phi) is 3.09. The van der Waals surface area contributed by atoms with E-state index in [-0.39, 0.29) is 0 Å². The van der Waals surface area contributed by atoms with Gasteiger partial charge in [0.2, 0.25) is 0 Å². The van der Waals surface area contributed by atoms with Crippen LogP contribution in [0, 0.1) is 9.12 Å². The molecule has 0 amide bonds. The Labute approximate surface area is 87.7 Å². The van der Waals surface area contributed by atoms with Gasteiger partial charge in [-0.2, -0.15) is 0 Å². The molecule has 0 N–H and O–H groups in total. The Morgan fingerprint density at radius 3 is 2.58 bits per heavy atom. The van der Waals surface area contributed by atoms with Crippen LogP contribution >= 0.6 is 22.6 Å². The van der Waals surface area contributed by atoms with Crippen LogP contribution in [-0.4, -0.2) is 4.98 Å². The van der Waals surface area contributed by atoms with Crippen molar-refractivity contribution in [2.45, 2.75) is 27.2 Å². The lowest BCUT2D eigenvalue weighted by Gasteiger charge is -2.17. The molecular weight excluding hydrogens is 261 g/mol. The van der Waals surface area contributed by atoms with Crippen LogP contribution in [0.15, 0.2) is 18.3 Å². The average Bonchev–Trinajstić information content (AvgIpc) is 1.82. The molecule has 0 aliphatic rings. The van der Waals surface area contributed by atoms with E-state index in [1.807, 2.05) is 6.20 Å². The summed E-state index contributed by atoms with van der Waals surface area (Å²) in [6.45, 7) is 6.75. The van der Waals surface area contributed by atoms with Crippen molar-refractivity contribution in [2.24, 2.45) is 5.41 Å². The standard InChI is InChI=1S/C10H14IN/c1-10(2,3)7-8-4-5-12-9(11)6-8/h4-6H,7H2,1-3H3. The predicted octanol–water partition coefficient (Wildman–Crippen LogP) is 3.27. The predicted molar refractivity (Wildman–Crippen MR) is 60.1 cm³/mol. The molecule has 0 saturated heterocycles. The highest BCUT2D eigenvalue weighted by Crippen LogP contribution is 2.20. The summed E-state index contributed by atoms with van der Waals surface area (Å²) >= 11 is 2.25. The van der Waals surface area contributed by atoms with Crippen LogP contribution in [0.1, 0.15) is 26.3 Å². The third-order valence-electron chi connectivity index (χ3n) is 1.53. The van der Waals surface area contributed by atoms with Crippen molar-refractivity contribution in [1.82, 2.24) is 4.98 Å². The molecule has 2 heteroatoms. The minimum atomic E-state index is 0.366. The first kappa shape index (κ1) is 9.96. The van der Waals surface area contributed by atoms with Crippen LogP contribution in [0.2, 0.25) is 0 Å². The van der Waals surface area contributed by atoms with E-state index in [9.17, 15) is 0 Å². The van der Waals surface area contributed by atoms with Crippen LogP contribution in [0.4, 0.5) is 0 Å². The van der Waals surface area contributed by atoms with Gasteiger partial charge in [-0.1, -0.05) is 20.8 Å². The number of hydrogen-bond acceptors (Lipinski definition) is 1. The SMILES string of the molecule is CC(C)(C)Cc1ccnc(I)c1. The first-order valence-corrected chi connectivity index (χ1v) is 5.16. The largest absolute Gasteiger partial charge is 0.250 e. The van der Waals surface area contributed by atoms with Crippen LogP contribution in [0.3, 0.4) is 0 Å². The van der Waals surface area contributed by atoms with Crippen molar-refractivity contribution < 1.29 is 0 Å². The van der Waals surface area contributed by atoms with E-state index in [0.717, 1.165) is 10.1 Å². The maximum atomic E-state index is 4.16. The summed E-state index contributed by atoms with van der Waals surface area (Å²) in [5, 5.41) is 0. The Morgan fingerprint density at radius 1 is 1.42 bits per heavy atom. The zero-order valence-electron chi connectivity index (χ0n) is 7.76. The van der Waals surface area contributed by atoms with E-state index in [0.29, 0.717) is 5.41 Å². The molecule has 0 aromatic carbocycles. The molecule has 1 aromatic rings. The Bertz CT molecular complexity index is 263. The van der Waals surface area contributed by atoms with Crippen molar-refractivity contribution in [3.05, 3.63) is 27.6 Å². The summed E-state index contributed by atoms with van der Waals surface area (Å²) in [5.74, 6) is 0. The summed E-state index contributed by atoms with van der Waals surface area (Å²) in [4.78, 5) is 4.16. The Hall–Kier alpha value is -0.120. The van der Waals surface area contributed by atoms with E-state index in [1.54, 1.807) is 0 Å². The molecule has 66 valence electrons. The third kappa shape index (κ3) is 3.52. The fraction of sp³-hybridized carbons (Fsp3) is 0.500. The number of hydrogen-bond donors (Lipinski definition) is 0. The van der Waals surface area contributed by atoms with Gasteiger partial charge in [0.1, 0.15) is 3.70 Å². The van der Waals surface area contributed by atoms with Gasteiger partial charge in [-0.15, -0.1) is 0 Å². The van der Waals surface area contributed by atoms with E-state index >= 15 is 0 Å². The van der Waals surface area contributed by atoms with E-state index in [2.05, 4.69) is 60.5 Å². The van der Waals surface area contributed by atoms with Gasteiger partial charge in [-0.05, 0) is 52.1 Å². The minimum absolute atomic E-state index is 0.366. The first-order chi connectivity index (χ1) is 5.47. The van der Waals surface area contributed by atoms with Crippen molar-refractivity contribution in [3.8, 4) is 0 Å². The van der Waals surface area contributed by atoms with Crippen LogP contribution in [0.5, 0.6) is 0 Å². The average molecular weight is 275 g/mol. The van der Waals surface area contributed by atoms with Gasteiger partial charge >= 0.3 is 0 Å². The second-order valence-corrected chi connectivity index (χ2v) is 5.33. The van der Waals surface area contributed by atoms with Gasteiger partial charge in [0.15, 0.2) is 0 Å². The smallest absolute Gasteiger partial charge is 0.101 e. The lowest BCUT2D eigenvalue weighted by molar-refractivity contribution is 0.411. The summed E-state index contributed by atoms with van der Waals surface area (Å²) in [5.41, 5.74) is 1.74. The summed E-state index contributed by atoms with van der Waals surface area (Å²) < 4.78 is 1.08. The van der Waals surface area contributed by atoms with E-state index < -0.39 is 0 Å².